The maximum atomic E-state index is 12.6. The first-order valence-electron chi connectivity index (χ1n) is 9.42. The second-order valence-electron chi connectivity index (χ2n) is 6.97. The highest BCUT2D eigenvalue weighted by molar-refractivity contribution is 6.05. The summed E-state index contributed by atoms with van der Waals surface area (Å²) in [6.07, 6.45) is 0. The van der Waals surface area contributed by atoms with E-state index in [4.69, 9.17) is 0 Å². The van der Waals surface area contributed by atoms with E-state index in [1.165, 1.54) is 13.8 Å². The summed E-state index contributed by atoms with van der Waals surface area (Å²) in [4.78, 5) is 51.4. The first-order valence-corrected chi connectivity index (χ1v) is 9.42. The maximum Gasteiger partial charge on any atom is 0.255 e. The first kappa shape index (κ1) is 20.3. The van der Waals surface area contributed by atoms with Crippen molar-refractivity contribution in [2.45, 2.75) is 13.8 Å². The minimum atomic E-state index is -0.320. The number of ketones is 1. The number of hydrogen-bond acceptors (Lipinski definition) is 4. The van der Waals surface area contributed by atoms with E-state index in [1.54, 1.807) is 58.3 Å². The molecule has 1 fully saturated rings. The van der Waals surface area contributed by atoms with Crippen LogP contribution in [0, 0.1) is 0 Å². The Balaban J connectivity index is 1.63. The van der Waals surface area contributed by atoms with Crippen LogP contribution in [0.15, 0.2) is 48.5 Å². The molecule has 2 aromatic carbocycles. The number of carbonyl (C=O) groups excluding carboxylic acids is 4. The van der Waals surface area contributed by atoms with Crippen LogP contribution in [-0.4, -0.2) is 59.5 Å². The summed E-state index contributed by atoms with van der Waals surface area (Å²) in [6, 6.07) is 13.2. The lowest BCUT2D eigenvalue weighted by atomic mass is 10.1. The number of benzene rings is 2. The number of rotatable bonds is 4. The maximum absolute atomic E-state index is 12.6. The number of carbonyl (C=O) groups is 4. The van der Waals surface area contributed by atoms with Crippen molar-refractivity contribution >= 4 is 29.2 Å². The predicted molar refractivity (Wildman–Crippen MR) is 109 cm³/mol. The fourth-order valence-corrected chi connectivity index (χ4v) is 3.19. The second-order valence-corrected chi connectivity index (χ2v) is 6.97. The van der Waals surface area contributed by atoms with Crippen molar-refractivity contribution in [1.82, 2.24) is 9.80 Å². The third-order valence-corrected chi connectivity index (χ3v) is 4.93. The van der Waals surface area contributed by atoms with Gasteiger partial charge < -0.3 is 15.1 Å². The number of nitrogens with one attached hydrogen (secondary N) is 1. The van der Waals surface area contributed by atoms with Gasteiger partial charge in [-0.05, 0) is 43.3 Å². The zero-order valence-corrected chi connectivity index (χ0v) is 16.5. The molecule has 1 N–H and O–H groups in total. The quantitative estimate of drug-likeness (QED) is 0.809. The topological polar surface area (TPSA) is 86.8 Å². The van der Waals surface area contributed by atoms with Gasteiger partial charge in [-0.1, -0.05) is 12.1 Å². The van der Waals surface area contributed by atoms with E-state index in [0.717, 1.165) is 0 Å². The number of hydrogen-bond donors (Lipinski definition) is 1. The van der Waals surface area contributed by atoms with Gasteiger partial charge in [-0.25, -0.2) is 0 Å². The molecular weight excluding hydrogens is 370 g/mol. The van der Waals surface area contributed by atoms with Crippen LogP contribution >= 0.6 is 0 Å². The highest BCUT2D eigenvalue weighted by atomic mass is 16.2. The molecule has 0 unspecified atom stereocenters. The van der Waals surface area contributed by atoms with Crippen LogP contribution in [0.3, 0.4) is 0 Å². The lowest BCUT2D eigenvalue weighted by Crippen LogP contribution is -2.50. The van der Waals surface area contributed by atoms with Gasteiger partial charge in [-0.2, -0.15) is 0 Å². The average Bonchev–Trinajstić information content (AvgIpc) is 2.73. The van der Waals surface area contributed by atoms with E-state index < -0.39 is 0 Å². The van der Waals surface area contributed by atoms with Gasteiger partial charge in [0.25, 0.3) is 11.8 Å². The van der Waals surface area contributed by atoms with Gasteiger partial charge in [0.05, 0.1) is 0 Å². The lowest BCUT2D eigenvalue weighted by Gasteiger charge is -2.34. The van der Waals surface area contributed by atoms with E-state index in [1.807, 2.05) is 0 Å². The highest BCUT2D eigenvalue weighted by Gasteiger charge is 2.23. The Morgan fingerprint density at radius 1 is 0.759 bits per heavy atom. The zero-order chi connectivity index (χ0) is 21.0. The van der Waals surface area contributed by atoms with E-state index in [-0.39, 0.29) is 23.5 Å². The van der Waals surface area contributed by atoms with Gasteiger partial charge in [-0.15, -0.1) is 0 Å². The molecule has 0 atom stereocenters. The molecule has 1 heterocycles. The number of anilines is 1. The zero-order valence-electron chi connectivity index (χ0n) is 16.5. The molecule has 3 rings (SSSR count). The molecule has 0 radical (unpaired) electrons. The third kappa shape index (κ3) is 4.87. The minimum absolute atomic E-state index is 0.0151. The van der Waals surface area contributed by atoms with Gasteiger partial charge >= 0.3 is 0 Å². The van der Waals surface area contributed by atoms with Crippen molar-refractivity contribution in [2.24, 2.45) is 0 Å². The lowest BCUT2D eigenvalue weighted by molar-refractivity contribution is -0.130. The van der Waals surface area contributed by atoms with Gasteiger partial charge in [0, 0.05) is 55.5 Å². The number of nitrogens with zero attached hydrogens (tertiary/aromatic N) is 2. The van der Waals surface area contributed by atoms with Gasteiger partial charge in [-0.3, -0.25) is 19.2 Å². The van der Waals surface area contributed by atoms with E-state index >= 15 is 0 Å². The molecule has 7 nitrogen and oxygen atoms in total. The van der Waals surface area contributed by atoms with Crippen molar-refractivity contribution in [2.75, 3.05) is 31.5 Å². The molecular formula is C22H23N3O4. The molecule has 1 aliphatic rings. The Labute approximate surface area is 169 Å². The monoisotopic (exact) mass is 393 g/mol. The Morgan fingerprint density at radius 2 is 1.34 bits per heavy atom. The largest absolute Gasteiger partial charge is 0.339 e. The van der Waals surface area contributed by atoms with Gasteiger partial charge in [0.2, 0.25) is 5.91 Å². The predicted octanol–water partition coefficient (Wildman–Crippen LogP) is 2.45. The van der Waals surface area contributed by atoms with Crippen LogP contribution in [0.4, 0.5) is 5.69 Å². The molecule has 0 aromatic heterocycles. The fraction of sp³-hybridized carbons (Fsp3) is 0.273. The summed E-state index contributed by atoms with van der Waals surface area (Å²) < 4.78 is 0. The Kier molecular flexibility index (Phi) is 6.07. The normalized spacial score (nSPS) is 13.7. The molecule has 0 spiro atoms. The van der Waals surface area contributed by atoms with Crippen LogP contribution < -0.4 is 5.32 Å². The van der Waals surface area contributed by atoms with Crippen molar-refractivity contribution in [1.29, 1.82) is 0 Å². The minimum Gasteiger partial charge on any atom is -0.339 e. The highest BCUT2D eigenvalue weighted by Crippen LogP contribution is 2.15. The van der Waals surface area contributed by atoms with E-state index in [9.17, 15) is 19.2 Å². The third-order valence-electron chi connectivity index (χ3n) is 4.93. The Morgan fingerprint density at radius 3 is 1.93 bits per heavy atom. The average molecular weight is 393 g/mol. The molecule has 0 bridgehead atoms. The SMILES string of the molecule is CC(=O)c1cccc(NC(=O)c2ccc(C(=O)N3CCN(C(C)=O)CC3)cc2)c1. The summed E-state index contributed by atoms with van der Waals surface area (Å²) in [5.74, 6) is -0.497. The smallest absolute Gasteiger partial charge is 0.255 e. The second kappa shape index (κ2) is 8.68. The summed E-state index contributed by atoms with van der Waals surface area (Å²) in [7, 11) is 0. The summed E-state index contributed by atoms with van der Waals surface area (Å²) in [6.45, 7) is 5.04. The summed E-state index contributed by atoms with van der Waals surface area (Å²) >= 11 is 0. The Bertz CT molecular complexity index is 945. The molecule has 7 heteroatoms. The molecule has 0 saturated carbocycles. The summed E-state index contributed by atoms with van der Waals surface area (Å²) in [5, 5.41) is 2.76. The molecule has 1 aliphatic heterocycles. The van der Waals surface area contributed by atoms with Crippen molar-refractivity contribution in [3.8, 4) is 0 Å². The molecule has 3 amide bonds. The van der Waals surface area contributed by atoms with Crippen LogP contribution in [0.2, 0.25) is 0 Å². The van der Waals surface area contributed by atoms with Crippen LogP contribution in [-0.2, 0) is 4.79 Å². The molecule has 1 saturated heterocycles. The molecule has 2 aromatic rings. The standard InChI is InChI=1S/C22H23N3O4/c1-15(26)19-4-3-5-20(14-19)23-21(28)17-6-8-18(9-7-17)22(29)25-12-10-24(11-13-25)16(2)27/h3-9,14H,10-13H2,1-2H3,(H,23,28). The van der Waals surface area contributed by atoms with Crippen LogP contribution in [0.1, 0.15) is 44.9 Å². The van der Waals surface area contributed by atoms with E-state index in [0.29, 0.717) is 48.6 Å². The number of amides is 3. The van der Waals surface area contributed by atoms with Crippen molar-refractivity contribution < 1.29 is 19.2 Å². The van der Waals surface area contributed by atoms with E-state index in [2.05, 4.69) is 5.32 Å². The molecule has 29 heavy (non-hydrogen) atoms. The van der Waals surface area contributed by atoms with Crippen molar-refractivity contribution in [3.63, 3.8) is 0 Å². The van der Waals surface area contributed by atoms with Crippen LogP contribution in [0.25, 0.3) is 0 Å². The van der Waals surface area contributed by atoms with Gasteiger partial charge in [0.1, 0.15) is 0 Å². The first-order chi connectivity index (χ1) is 13.8. The molecule has 0 aliphatic carbocycles. The molecule has 150 valence electrons. The van der Waals surface area contributed by atoms with Gasteiger partial charge in [0.15, 0.2) is 5.78 Å². The number of Topliss-reactive ketones (excluding diaryl/α,β-unsaturated/α-hetero) is 1. The summed E-state index contributed by atoms with van der Waals surface area (Å²) in [5.41, 5.74) is 1.97. The fourth-order valence-electron chi connectivity index (χ4n) is 3.19. The Hall–Kier alpha value is -3.48. The van der Waals surface area contributed by atoms with Crippen molar-refractivity contribution in [3.05, 3.63) is 65.2 Å². The van der Waals surface area contributed by atoms with Crippen LogP contribution in [0.5, 0.6) is 0 Å². The number of piperazine rings is 1.